The number of aryl methyl sites for hydroxylation is 2. The number of carboxylic acids is 1. The van der Waals surface area contributed by atoms with Crippen LogP contribution in [0.5, 0.6) is 5.75 Å². The molecule has 0 aromatic heterocycles. The summed E-state index contributed by atoms with van der Waals surface area (Å²) in [6, 6.07) is 18.4. The lowest BCUT2D eigenvalue weighted by Crippen LogP contribution is -1.98. The van der Waals surface area contributed by atoms with Gasteiger partial charge in [0.15, 0.2) is 0 Å². The maximum atomic E-state index is 11.4. The van der Waals surface area contributed by atoms with E-state index in [2.05, 4.69) is 0 Å². The number of carboxylic acid groups (broad SMARTS) is 1. The molecule has 0 fully saturated rings. The van der Waals surface area contributed by atoms with E-state index >= 15 is 0 Å². The predicted molar refractivity (Wildman–Crippen MR) is 95.4 cm³/mol. The first-order valence-corrected chi connectivity index (χ1v) is 7.70. The van der Waals surface area contributed by atoms with Crippen LogP contribution in [0.1, 0.15) is 21.5 Å². The number of hydrogen-bond acceptors (Lipinski definition) is 2. The van der Waals surface area contributed by atoms with Crippen molar-refractivity contribution in [3.63, 3.8) is 0 Å². The number of rotatable bonds is 3. The smallest absolute Gasteiger partial charge is 0.335 e. The molecule has 2 N–H and O–H groups in total. The molecule has 3 aromatic rings. The second-order valence-electron chi connectivity index (χ2n) is 5.96. The van der Waals surface area contributed by atoms with Gasteiger partial charge in [-0.1, -0.05) is 48.0 Å². The van der Waals surface area contributed by atoms with Crippen molar-refractivity contribution in [2.75, 3.05) is 0 Å². The average molecular weight is 318 g/mol. The zero-order chi connectivity index (χ0) is 17.3. The molecule has 120 valence electrons. The molecule has 0 aliphatic carbocycles. The van der Waals surface area contributed by atoms with E-state index in [1.165, 1.54) is 0 Å². The van der Waals surface area contributed by atoms with E-state index in [-0.39, 0.29) is 11.3 Å². The van der Waals surface area contributed by atoms with E-state index in [4.69, 9.17) is 0 Å². The van der Waals surface area contributed by atoms with Gasteiger partial charge in [0.1, 0.15) is 5.75 Å². The Kier molecular flexibility index (Phi) is 4.09. The molecule has 0 saturated carbocycles. The third kappa shape index (κ3) is 3.01. The maximum absolute atomic E-state index is 11.4. The highest BCUT2D eigenvalue weighted by molar-refractivity contribution is 5.92. The second kappa shape index (κ2) is 6.20. The number of aromatic carboxylic acids is 1. The van der Waals surface area contributed by atoms with Gasteiger partial charge in [-0.3, -0.25) is 0 Å². The summed E-state index contributed by atoms with van der Waals surface area (Å²) in [7, 11) is 0. The van der Waals surface area contributed by atoms with Crippen LogP contribution < -0.4 is 0 Å². The lowest BCUT2D eigenvalue weighted by molar-refractivity contribution is 0.0697. The molecule has 0 bridgehead atoms. The molecule has 0 aliphatic heterocycles. The van der Waals surface area contributed by atoms with E-state index < -0.39 is 5.97 Å². The Balaban J connectivity index is 2.27. The Morgan fingerprint density at radius 1 is 0.792 bits per heavy atom. The summed E-state index contributed by atoms with van der Waals surface area (Å²) in [5, 5.41) is 19.5. The van der Waals surface area contributed by atoms with Crippen LogP contribution >= 0.6 is 0 Å². The molecule has 0 spiro atoms. The van der Waals surface area contributed by atoms with Gasteiger partial charge in [0, 0.05) is 5.56 Å². The monoisotopic (exact) mass is 318 g/mol. The average Bonchev–Trinajstić information content (AvgIpc) is 2.55. The van der Waals surface area contributed by atoms with Gasteiger partial charge in [-0.15, -0.1) is 0 Å². The van der Waals surface area contributed by atoms with Gasteiger partial charge in [-0.2, -0.15) is 0 Å². The number of aromatic hydroxyl groups is 1. The molecule has 3 heteroatoms. The number of phenols is 1. The maximum Gasteiger partial charge on any atom is 0.335 e. The fourth-order valence-corrected chi connectivity index (χ4v) is 2.90. The standard InChI is InChI=1S/C21H18O3/c1-13-7-8-17(18-5-3-4-6-20(18)22)19(11-13)15-9-14(2)10-16(12-15)21(23)24/h3-12,22H,1-2H3,(H,23,24). The summed E-state index contributed by atoms with van der Waals surface area (Å²) < 4.78 is 0. The fraction of sp³-hybridized carbons (Fsp3) is 0.0952. The SMILES string of the molecule is Cc1cc(C(=O)O)cc(-c2cc(C)ccc2-c2ccccc2O)c1. The van der Waals surface area contributed by atoms with Crippen LogP contribution in [0, 0.1) is 13.8 Å². The Bertz CT molecular complexity index is 926. The number of phenolic OH excluding ortho intramolecular Hbond substituents is 1. The number of hydrogen-bond donors (Lipinski definition) is 2. The zero-order valence-corrected chi connectivity index (χ0v) is 13.6. The molecule has 0 radical (unpaired) electrons. The predicted octanol–water partition coefficient (Wildman–Crippen LogP) is 5.04. The van der Waals surface area contributed by atoms with Crippen molar-refractivity contribution in [3.8, 4) is 28.0 Å². The van der Waals surface area contributed by atoms with E-state index in [9.17, 15) is 15.0 Å². The van der Waals surface area contributed by atoms with Gasteiger partial charge in [-0.05, 0) is 54.3 Å². The normalized spacial score (nSPS) is 10.6. The molecule has 24 heavy (non-hydrogen) atoms. The van der Waals surface area contributed by atoms with Crippen molar-refractivity contribution in [2.45, 2.75) is 13.8 Å². The number of para-hydroxylation sites is 1. The van der Waals surface area contributed by atoms with Crippen molar-refractivity contribution in [1.82, 2.24) is 0 Å². The van der Waals surface area contributed by atoms with E-state index in [0.717, 1.165) is 33.4 Å². The molecule has 0 unspecified atom stereocenters. The second-order valence-corrected chi connectivity index (χ2v) is 5.96. The largest absolute Gasteiger partial charge is 0.507 e. The van der Waals surface area contributed by atoms with Crippen LogP contribution in [0.3, 0.4) is 0 Å². The Hall–Kier alpha value is -3.07. The quantitative estimate of drug-likeness (QED) is 0.711. The van der Waals surface area contributed by atoms with Crippen molar-refractivity contribution < 1.29 is 15.0 Å². The fourth-order valence-electron chi connectivity index (χ4n) is 2.90. The van der Waals surface area contributed by atoms with Crippen molar-refractivity contribution >= 4 is 5.97 Å². The molecule has 3 rings (SSSR count). The highest BCUT2D eigenvalue weighted by atomic mass is 16.4. The van der Waals surface area contributed by atoms with Crippen LogP contribution in [-0.2, 0) is 0 Å². The summed E-state index contributed by atoms with van der Waals surface area (Å²) in [6.45, 7) is 3.87. The van der Waals surface area contributed by atoms with Crippen LogP contribution in [0.15, 0.2) is 60.7 Å². The minimum absolute atomic E-state index is 0.203. The molecule has 0 heterocycles. The summed E-state index contributed by atoms with van der Waals surface area (Å²) in [4.78, 5) is 11.4. The van der Waals surface area contributed by atoms with Gasteiger partial charge in [0.05, 0.1) is 5.56 Å². The van der Waals surface area contributed by atoms with Crippen LogP contribution in [-0.4, -0.2) is 16.2 Å². The van der Waals surface area contributed by atoms with Gasteiger partial charge in [-0.25, -0.2) is 4.79 Å². The molecule has 0 aliphatic rings. The minimum atomic E-state index is -0.947. The van der Waals surface area contributed by atoms with Crippen molar-refractivity contribution in [3.05, 3.63) is 77.4 Å². The molecular formula is C21H18O3. The number of benzene rings is 3. The minimum Gasteiger partial charge on any atom is -0.507 e. The van der Waals surface area contributed by atoms with Crippen LogP contribution in [0.2, 0.25) is 0 Å². The Morgan fingerprint density at radius 3 is 2.25 bits per heavy atom. The van der Waals surface area contributed by atoms with Gasteiger partial charge < -0.3 is 10.2 Å². The summed E-state index contributed by atoms with van der Waals surface area (Å²) >= 11 is 0. The third-order valence-corrected chi connectivity index (χ3v) is 4.00. The highest BCUT2D eigenvalue weighted by Crippen LogP contribution is 2.37. The lowest BCUT2D eigenvalue weighted by atomic mass is 9.91. The molecule has 0 atom stereocenters. The van der Waals surface area contributed by atoms with Crippen LogP contribution in [0.4, 0.5) is 0 Å². The summed E-state index contributed by atoms with van der Waals surface area (Å²) in [5.74, 6) is -0.745. The third-order valence-electron chi connectivity index (χ3n) is 4.00. The van der Waals surface area contributed by atoms with Gasteiger partial charge in [0.2, 0.25) is 0 Å². The van der Waals surface area contributed by atoms with Crippen LogP contribution in [0.25, 0.3) is 22.3 Å². The van der Waals surface area contributed by atoms with E-state index in [1.807, 2.05) is 50.2 Å². The first-order valence-electron chi connectivity index (χ1n) is 7.70. The molecule has 0 saturated heterocycles. The van der Waals surface area contributed by atoms with Crippen molar-refractivity contribution in [2.24, 2.45) is 0 Å². The van der Waals surface area contributed by atoms with E-state index in [1.54, 1.807) is 24.3 Å². The van der Waals surface area contributed by atoms with Crippen molar-refractivity contribution in [1.29, 1.82) is 0 Å². The zero-order valence-electron chi connectivity index (χ0n) is 13.6. The summed E-state index contributed by atoms with van der Waals surface area (Å²) in [5.41, 5.74) is 5.55. The first-order chi connectivity index (χ1) is 11.5. The van der Waals surface area contributed by atoms with E-state index in [0.29, 0.717) is 0 Å². The molecule has 3 nitrogen and oxygen atoms in total. The molecule has 3 aromatic carbocycles. The topological polar surface area (TPSA) is 57.5 Å². The van der Waals surface area contributed by atoms with Gasteiger partial charge in [0.25, 0.3) is 0 Å². The Morgan fingerprint density at radius 2 is 1.54 bits per heavy atom. The summed E-state index contributed by atoms with van der Waals surface area (Å²) in [6.07, 6.45) is 0. The van der Waals surface area contributed by atoms with Gasteiger partial charge >= 0.3 is 5.97 Å². The first kappa shape index (κ1) is 15.8. The lowest BCUT2D eigenvalue weighted by Gasteiger charge is -2.14. The molecular weight excluding hydrogens is 300 g/mol. The molecule has 0 amide bonds. The highest BCUT2D eigenvalue weighted by Gasteiger charge is 2.13. The Labute approximate surface area is 140 Å². The number of carbonyl (C=O) groups is 1.